The highest BCUT2D eigenvalue weighted by molar-refractivity contribution is 5.25. The third-order valence-electron chi connectivity index (χ3n) is 2.02. The van der Waals surface area contributed by atoms with E-state index in [1.165, 1.54) is 0 Å². The molecular formula is C11H10N2O. The molecule has 0 amide bonds. The highest BCUT2D eigenvalue weighted by Gasteiger charge is 2.08. The fraction of sp³-hybridized carbons (Fsp3) is 0.0909. The third kappa shape index (κ3) is 1.78. The first-order valence-corrected chi connectivity index (χ1v) is 4.36. The van der Waals surface area contributed by atoms with Gasteiger partial charge in [-0.15, -0.1) is 0 Å². The van der Waals surface area contributed by atoms with Gasteiger partial charge in [-0.3, -0.25) is 9.97 Å². The van der Waals surface area contributed by atoms with E-state index in [2.05, 4.69) is 9.97 Å². The van der Waals surface area contributed by atoms with E-state index in [1.807, 2.05) is 6.07 Å². The van der Waals surface area contributed by atoms with Gasteiger partial charge in [0.1, 0.15) is 6.10 Å². The molecule has 0 aliphatic heterocycles. The molecule has 0 fully saturated rings. The summed E-state index contributed by atoms with van der Waals surface area (Å²) in [6.45, 7) is 0. The van der Waals surface area contributed by atoms with Gasteiger partial charge >= 0.3 is 0 Å². The third-order valence-corrected chi connectivity index (χ3v) is 2.02. The zero-order chi connectivity index (χ0) is 9.80. The minimum atomic E-state index is -0.619. The molecule has 0 saturated heterocycles. The summed E-state index contributed by atoms with van der Waals surface area (Å²) in [6, 6.07) is 7.23. The molecule has 0 unspecified atom stereocenters. The van der Waals surface area contributed by atoms with Crippen molar-refractivity contribution in [2.24, 2.45) is 0 Å². The fourth-order valence-electron chi connectivity index (χ4n) is 1.28. The second-order valence-electron chi connectivity index (χ2n) is 2.97. The minimum absolute atomic E-state index is 0.619. The highest BCUT2D eigenvalue weighted by atomic mass is 16.3. The molecule has 2 aromatic rings. The van der Waals surface area contributed by atoms with Crippen molar-refractivity contribution in [3.8, 4) is 0 Å². The Kier molecular flexibility index (Phi) is 2.51. The van der Waals surface area contributed by atoms with Crippen molar-refractivity contribution >= 4 is 0 Å². The predicted molar refractivity (Wildman–Crippen MR) is 52.5 cm³/mol. The van der Waals surface area contributed by atoms with Crippen LogP contribution < -0.4 is 0 Å². The van der Waals surface area contributed by atoms with Crippen LogP contribution in [0.5, 0.6) is 0 Å². The van der Waals surface area contributed by atoms with E-state index in [0.717, 1.165) is 11.1 Å². The first-order valence-electron chi connectivity index (χ1n) is 4.36. The number of hydrogen-bond acceptors (Lipinski definition) is 3. The van der Waals surface area contributed by atoms with Crippen molar-refractivity contribution in [3.05, 3.63) is 60.2 Å². The average Bonchev–Trinajstić information content (AvgIpc) is 2.30. The Bertz CT molecular complexity index is 349. The van der Waals surface area contributed by atoms with Crippen LogP contribution in [0.15, 0.2) is 49.1 Å². The molecule has 2 aromatic heterocycles. The smallest absolute Gasteiger partial charge is 0.106 e. The van der Waals surface area contributed by atoms with Crippen molar-refractivity contribution in [2.75, 3.05) is 0 Å². The molecule has 2 rings (SSSR count). The van der Waals surface area contributed by atoms with Crippen LogP contribution in [0.1, 0.15) is 17.2 Å². The molecular weight excluding hydrogens is 176 g/mol. The van der Waals surface area contributed by atoms with Crippen LogP contribution in [0.2, 0.25) is 0 Å². The molecule has 0 saturated carbocycles. The quantitative estimate of drug-likeness (QED) is 0.774. The molecule has 70 valence electrons. The number of aromatic nitrogens is 2. The summed E-state index contributed by atoms with van der Waals surface area (Å²) < 4.78 is 0. The number of aliphatic hydroxyl groups excluding tert-OH is 1. The Morgan fingerprint density at radius 3 is 2.36 bits per heavy atom. The first-order chi connectivity index (χ1) is 6.88. The van der Waals surface area contributed by atoms with E-state index in [1.54, 1.807) is 43.0 Å². The zero-order valence-corrected chi connectivity index (χ0v) is 7.54. The van der Waals surface area contributed by atoms with Gasteiger partial charge in [-0.1, -0.05) is 6.07 Å². The van der Waals surface area contributed by atoms with Crippen molar-refractivity contribution in [3.63, 3.8) is 0 Å². The van der Waals surface area contributed by atoms with Gasteiger partial charge in [0.2, 0.25) is 0 Å². The van der Waals surface area contributed by atoms with Crippen LogP contribution in [-0.4, -0.2) is 15.1 Å². The summed E-state index contributed by atoms with van der Waals surface area (Å²) in [4.78, 5) is 7.85. The highest BCUT2D eigenvalue weighted by Crippen LogP contribution is 2.19. The van der Waals surface area contributed by atoms with Gasteiger partial charge in [0.15, 0.2) is 0 Å². The molecule has 0 spiro atoms. The second-order valence-corrected chi connectivity index (χ2v) is 2.97. The van der Waals surface area contributed by atoms with Crippen molar-refractivity contribution in [1.29, 1.82) is 0 Å². The number of aliphatic hydroxyl groups is 1. The van der Waals surface area contributed by atoms with Gasteiger partial charge < -0.3 is 5.11 Å². The van der Waals surface area contributed by atoms with Crippen molar-refractivity contribution < 1.29 is 5.11 Å². The molecule has 3 nitrogen and oxygen atoms in total. The summed E-state index contributed by atoms with van der Waals surface area (Å²) in [5, 5.41) is 9.92. The summed E-state index contributed by atoms with van der Waals surface area (Å²) in [6.07, 6.45) is 6.05. The van der Waals surface area contributed by atoms with Crippen molar-refractivity contribution in [2.45, 2.75) is 6.10 Å². The molecule has 0 aromatic carbocycles. The Morgan fingerprint density at radius 2 is 1.71 bits per heavy atom. The van der Waals surface area contributed by atoms with E-state index in [4.69, 9.17) is 0 Å². The Labute approximate surface area is 82.1 Å². The van der Waals surface area contributed by atoms with Crippen LogP contribution in [-0.2, 0) is 0 Å². The lowest BCUT2D eigenvalue weighted by Gasteiger charge is -2.09. The summed E-state index contributed by atoms with van der Waals surface area (Å²) in [7, 11) is 0. The van der Waals surface area contributed by atoms with Crippen LogP contribution in [0.4, 0.5) is 0 Å². The molecule has 3 heteroatoms. The molecule has 0 aliphatic rings. The average molecular weight is 186 g/mol. The van der Waals surface area contributed by atoms with Crippen LogP contribution in [0.3, 0.4) is 0 Å². The molecule has 1 N–H and O–H groups in total. The SMILES string of the molecule is O[C@H](c1ccncc1)c1cccnc1. The maximum absolute atomic E-state index is 9.92. The number of pyridine rings is 2. The van der Waals surface area contributed by atoms with Gasteiger partial charge in [0.05, 0.1) is 0 Å². The van der Waals surface area contributed by atoms with Gasteiger partial charge in [-0.25, -0.2) is 0 Å². The summed E-state index contributed by atoms with van der Waals surface area (Å²) >= 11 is 0. The fourth-order valence-corrected chi connectivity index (χ4v) is 1.28. The molecule has 1 atom stereocenters. The van der Waals surface area contributed by atoms with Gasteiger partial charge in [-0.05, 0) is 23.8 Å². The topological polar surface area (TPSA) is 46.0 Å². The molecule has 0 radical (unpaired) electrons. The van der Waals surface area contributed by atoms with E-state index in [-0.39, 0.29) is 0 Å². The second kappa shape index (κ2) is 3.98. The normalized spacial score (nSPS) is 12.4. The lowest BCUT2D eigenvalue weighted by atomic mass is 10.1. The van der Waals surface area contributed by atoms with Crippen molar-refractivity contribution in [1.82, 2.24) is 9.97 Å². The Balaban J connectivity index is 2.30. The monoisotopic (exact) mass is 186 g/mol. The summed E-state index contributed by atoms with van der Waals surface area (Å²) in [5.74, 6) is 0. The van der Waals surface area contributed by atoms with E-state index < -0.39 is 6.10 Å². The molecule has 0 bridgehead atoms. The molecule has 2 heterocycles. The van der Waals surface area contributed by atoms with E-state index in [9.17, 15) is 5.11 Å². The van der Waals surface area contributed by atoms with Gasteiger partial charge in [0, 0.05) is 30.4 Å². The molecule has 14 heavy (non-hydrogen) atoms. The van der Waals surface area contributed by atoms with Gasteiger partial charge in [-0.2, -0.15) is 0 Å². The predicted octanol–water partition coefficient (Wildman–Crippen LogP) is 1.56. The maximum Gasteiger partial charge on any atom is 0.106 e. The van der Waals surface area contributed by atoms with E-state index in [0.29, 0.717) is 0 Å². The lowest BCUT2D eigenvalue weighted by molar-refractivity contribution is 0.220. The minimum Gasteiger partial charge on any atom is -0.384 e. The maximum atomic E-state index is 9.92. The number of nitrogens with zero attached hydrogens (tertiary/aromatic N) is 2. The first kappa shape index (κ1) is 8.84. The largest absolute Gasteiger partial charge is 0.384 e. The van der Waals surface area contributed by atoms with Crippen LogP contribution in [0, 0.1) is 0 Å². The van der Waals surface area contributed by atoms with Gasteiger partial charge in [0.25, 0.3) is 0 Å². The number of rotatable bonds is 2. The Morgan fingerprint density at radius 1 is 0.929 bits per heavy atom. The Hall–Kier alpha value is -1.74. The number of hydrogen-bond donors (Lipinski definition) is 1. The molecule has 0 aliphatic carbocycles. The zero-order valence-electron chi connectivity index (χ0n) is 7.54. The van der Waals surface area contributed by atoms with Crippen LogP contribution in [0.25, 0.3) is 0 Å². The van der Waals surface area contributed by atoms with E-state index >= 15 is 0 Å². The lowest BCUT2D eigenvalue weighted by Crippen LogP contribution is -1.99. The van der Waals surface area contributed by atoms with Crippen LogP contribution >= 0.6 is 0 Å². The standard InChI is InChI=1S/C11H10N2O/c14-11(9-3-6-12-7-4-9)10-2-1-5-13-8-10/h1-8,11,14H/t11-/m1/s1. The summed E-state index contributed by atoms with van der Waals surface area (Å²) in [5.41, 5.74) is 1.62.